The van der Waals surface area contributed by atoms with Gasteiger partial charge in [-0.15, -0.1) is 11.3 Å². The van der Waals surface area contributed by atoms with Crippen molar-refractivity contribution in [3.8, 4) is 10.6 Å². The Morgan fingerprint density at radius 2 is 2.08 bits per heavy atom. The molecular weight excluding hydrogens is 178 g/mol. The highest BCUT2D eigenvalue weighted by molar-refractivity contribution is 7.14. The first-order valence-corrected chi connectivity index (χ1v) is 5.07. The molecule has 0 unspecified atom stereocenters. The Bertz CT molecular complexity index is 418. The zero-order valence-corrected chi connectivity index (χ0v) is 8.56. The first kappa shape index (κ1) is 8.45. The van der Waals surface area contributed by atoms with Crippen molar-refractivity contribution in [2.75, 3.05) is 0 Å². The number of hydrogen-bond donors (Lipinski definition) is 0. The van der Waals surface area contributed by atoms with E-state index in [9.17, 15) is 0 Å². The van der Waals surface area contributed by atoms with Gasteiger partial charge in [0, 0.05) is 16.6 Å². The predicted octanol–water partition coefficient (Wildman–Crippen LogP) is 3.43. The lowest BCUT2D eigenvalue weighted by Gasteiger charge is -1.96. The molecule has 13 heavy (non-hydrogen) atoms. The Balaban J connectivity index is 2.46. The van der Waals surface area contributed by atoms with Crippen LogP contribution in [0.2, 0.25) is 0 Å². The van der Waals surface area contributed by atoms with Crippen LogP contribution in [0.15, 0.2) is 30.5 Å². The van der Waals surface area contributed by atoms with E-state index in [1.165, 1.54) is 16.0 Å². The number of nitrogens with zero attached hydrogens (tertiary/aromatic N) is 1. The normalized spacial score (nSPS) is 10.3. The maximum absolute atomic E-state index is 4.35. The second-order valence-corrected chi connectivity index (χ2v) is 4.38. The summed E-state index contributed by atoms with van der Waals surface area (Å²) in [6, 6.07) is 8.44. The van der Waals surface area contributed by atoms with Crippen LogP contribution in [0.1, 0.15) is 10.4 Å². The molecule has 0 radical (unpaired) electrons. The van der Waals surface area contributed by atoms with Crippen molar-refractivity contribution in [1.82, 2.24) is 4.98 Å². The van der Waals surface area contributed by atoms with E-state index in [1.54, 1.807) is 11.3 Å². The van der Waals surface area contributed by atoms with Gasteiger partial charge in [0.05, 0.1) is 0 Å². The van der Waals surface area contributed by atoms with Gasteiger partial charge in [-0.1, -0.05) is 23.8 Å². The second-order valence-electron chi connectivity index (χ2n) is 3.15. The molecule has 2 heteroatoms. The van der Waals surface area contributed by atoms with Crippen LogP contribution in [0.25, 0.3) is 10.6 Å². The number of benzene rings is 1. The summed E-state index contributed by atoms with van der Waals surface area (Å²) >= 11 is 1.74. The molecule has 0 saturated carbocycles. The SMILES string of the molecule is Cc1cccc(-c2ncc(C)s2)c1. The van der Waals surface area contributed by atoms with Crippen LogP contribution < -0.4 is 0 Å². The van der Waals surface area contributed by atoms with Crippen molar-refractivity contribution < 1.29 is 0 Å². The molecule has 0 amide bonds. The summed E-state index contributed by atoms with van der Waals surface area (Å²) in [6.45, 7) is 4.18. The van der Waals surface area contributed by atoms with E-state index in [2.05, 4.69) is 43.1 Å². The summed E-state index contributed by atoms with van der Waals surface area (Å²) in [7, 11) is 0. The van der Waals surface area contributed by atoms with Gasteiger partial charge in [0.2, 0.25) is 0 Å². The van der Waals surface area contributed by atoms with Gasteiger partial charge >= 0.3 is 0 Å². The minimum absolute atomic E-state index is 1.11. The van der Waals surface area contributed by atoms with Crippen molar-refractivity contribution in [3.63, 3.8) is 0 Å². The Kier molecular flexibility index (Phi) is 2.15. The number of rotatable bonds is 1. The molecule has 1 aromatic carbocycles. The maximum atomic E-state index is 4.35. The van der Waals surface area contributed by atoms with Gasteiger partial charge in [0.15, 0.2) is 0 Å². The highest BCUT2D eigenvalue weighted by atomic mass is 32.1. The Labute approximate surface area is 82.1 Å². The molecule has 2 aromatic rings. The second kappa shape index (κ2) is 3.30. The largest absolute Gasteiger partial charge is 0.244 e. The lowest BCUT2D eigenvalue weighted by Crippen LogP contribution is -1.76. The van der Waals surface area contributed by atoms with Crippen LogP contribution in [0, 0.1) is 13.8 Å². The zero-order valence-electron chi connectivity index (χ0n) is 7.74. The predicted molar refractivity (Wildman–Crippen MR) is 57.0 cm³/mol. The van der Waals surface area contributed by atoms with E-state index in [0.29, 0.717) is 0 Å². The topological polar surface area (TPSA) is 12.9 Å². The summed E-state index contributed by atoms with van der Waals surface area (Å²) in [5, 5.41) is 1.11. The van der Waals surface area contributed by atoms with Crippen molar-refractivity contribution >= 4 is 11.3 Å². The fraction of sp³-hybridized carbons (Fsp3) is 0.182. The summed E-state index contributed by atoms with van der Waals surface area (Å²) in [5.74, 6) is 0. The van der Waals surface area contributed by atoms with E-state index in [-0.39, 0.29) is 0 Å². The molecule has 0 atom stereocenters. The summed E-state index contributed by atoms with van der Waals surface area (Å²) in [5.41, 5.74) is 2.50. The van der Waals surface area contributed by atoms with Crippen LogP contribution >= 0.6 is 11.3 Å². The third-order valence-electron chi connectivity index (χ3n) is 1.89. The van der Waals surface area contributed by atoms with E-state index >= 15 is 0 Å². The molecule has 0 N–H and O–H groups in total. The lowest BCUT2D eigenvalue weighted by atomic mass is 10.1. The summed E-state index contributed by atoms with van der Waals surface area (Å²) in [6.07, 6.45) is 1.92. The molecule has 0 aliphatic heterocycles. The average Bonchev–Trinajstić information content (AvgIpc) is 2.52. The fourth-order valence-electron chi connectivity index (χ4n) is 1.27. The van der Waals surface area contributed by atoms with Gasteiger partial charge in [-0.2, -0.15) is 0 Å². The third kappa shape index (κ3) is 1.78. The molecule has 1 aromatic heterocycles. The number of aryl methyl sites for hydroxylation is 2. The summed E-state index contributed by atoms with van der Waals surface area (Å²) < 4.78 is 0. The van der Waals surface area contributed by atoms with Crippen LogP contribution in [-0.2, 0) is 0 Å². The van der Waals surface area contributed by atoms with Crippen LogP contribution in [-0.4, -0.2) is 4.98 Å². The fourth-order valence-corrected chi connectivity index (χ4v) is 2.03. The Hall–Kier alpha value is -1.15. The molecule has 0 bridgehead atoms. The van der Waals surface area contributed by atoms with Crippen LogP contribution in [0.4, 0.5) is 0 Å². The van der Waals surface area contributed by atoms with Gasteiger partial charge in [-0.25, -0.2) is 4.98 Å². The zero-order chi connectivity index (χ0) is 9.26. The highest BCUT2D eigenvalue weighted by Crippen LogP contribution is 2.24. The first-order chi connectivity index (χ1) is 6.25. The number of hydrogen-bond acceptors (Lipinski definition) is 2. The third-order valence-corrected chi connectivity index (χ3v) is 2.85. The smallest absolute Gasteiger partial charge is 0.123 e. The summed E-state index contributed by atoms with van der Waals surface area (Å²) in [4.78, 5) is 5.61. The molecule has 0 spiro atoms. The standard InChI is InChI=1S/C11H11NS/c1-8-4-3-5-10(6-8)11-12-7-9(2)13-11/h3-7H,1-2H3. The minimum atomic E-state index is 1.11. The van der Waals surface area contributed by atoms with Gasteiger partial charge in [-0.05, 0) is 19.9 Å². The van der Waals surface area contributed by atoms with E-state index in [0.717, 1.165) is 5.01 Å². The Morgan fingerprint density at radius 3 is 2.69 bits per heavy atom. The first-order valence-electron chi connectivity index (χ1n) is 4.25. The van der Waals surface area contributed by atoms with Gasteiger partial charge in [-0.3, -0.25) is 0 Å². The van der Waals surface area contributed by atoms with E-state index in [4.69, 9.17) is 0 Å². The average molecular weight is 189 g/mol. The monoisotopic (exact) mass is 189 g/mol. The number of thiazole rings is 1. The van der Waals surface area contributed by atoms with Crippen molar-refractivity contribution in [2.24, 2.45) is 0 Å². The minimum Gasteiger partial charge on any atom is -0.244 e. The highest BCUT2D eigenvalue weighted by Gasteiger charge is 2.01. The van der Waals surface area contributed by atoms with Crippen molar-refractivity contribution in [3.05, 3.63) is 40.9 Å². The van der Waals surface area contributed by atoms with Crippen LogP contribution in [0.5, 0.6) is 0 Å². The van der Waals surface area contributed by atoms with E-state index < -0.39 is 0 Å². The molecule has 66 valence electrons. The van der Waals surface area contributed by atoms with Crippen molar-refractivity contribution in [1.29, 1.82) is 0 Å². The molecule has 1 heterocycles. The van der Waals surface area contributed by atoms with E-state index in [1.807, 2.05) is 6.20 Å². The molecule has 0 aliphatic carbocycles. The van der Waals surface area contributed by atoms with Gasteiger partial charge in [0.1, 0.15) is 5.01 Å². The molecule has 0 fully saturated rings. The molecule has 1 nitrogen and oxygen atoms in total. The molecule has 0 aliphatic rings. The Morgan fingerprint density at radius 1 is 1.23 bits per heavy atom. The molecular formula is C11H11NS. The van der Waals surface area contributed by atoms with Crippen molar-refractivity contribution in [2.45, 2.75) is 13.8 Å². The molecule has 0 saturated heterocycles. The lowest BCUT2D eigenvalue weighted by molar-refractivity contribution is 1.37. The van der Waals surface area contributed by atoms with Gasteiger partial charge < -0.3 is 0 Å². The van der Waals surface area contributed by atoms with Crippen LogP contribution in [0.3, 0.4) is 0 Å². The van der Waals surface area contributed by atoms with Gasteiger partial charge in [0.25, 0.3) is 0 Å². The quantitative estimate of drug-likeness (QED) is 0.669. The maximum Gasteiger partial charge on any atom is 0.123 e. The number of aromatic nitrogens is 1. The molecule has 2 rings (SSSR count).